The second-order valence-electron chi connectivity index (χ2n) is 4.65. The molecule has 1 atom stereocenters. The van der Waals surface area contributed by atoms with Gasteiger partial charge in [0.1, 0.15) is 5.75 Å². The second-order valence-corrected chi connectivity index (χ2v) is 7.47. The van der Waals surface area contributed by atoms with Crippen LogP contribution in [0.1, 0.15) is 6.42 Å². The van der Waals surface area contributed by atoms with Crippen molar-refractivity contribution >= 4 is 31.3 Å². The number of anilines is 1. The Labute approximate surface area is 124 Å². The Morgan fingerprint density at radius 1 is 1.33 bits per heavy atom. The average molecular weight is 340 g/mol. The summed E-state index contributed by atoms with van der Waals surface area (Å²) in [4.78, 5) is 13.3. The molecule has 0 radical (unpaired) electrons. The Kier molecular flexibility index (Phi) is 4.67. The maximum Gasteiger partial charge on any atom is 0.387 e. The van der Waals surface area contributed by atoms with Gasteiger partial charge in [-0.05, 0) is 24.3 Å². The van der Waals surface area contributed by atoms with E-state index in [0.717, 1.165) is 0 Å². The van der Waals surface area contributed by atoms with Crippen LogP contribution in [0, 0.1) is 5.92 Å². The molecule has 1 fully saturated rings. The first-order valence-electron chi connectivity index (χ1n) is 6.02. The molecule has 1 aromatic rings. The van der Waals surface area contributed by atoms with E-state index >= 15 is 0 Å². The molecule has 0 aliphatic carbocycles. The van der Waals surface area contributed by atoms with Crippen LogP contribution in [-0.4, -0.2) is 33.2 Å². The second kappa shape index (κ2) is 6.15. The molecule has 1 aliphatic heterocycles. The highest BCUT2D eigenvalue weighted by molar-refractivity contribution is 8.13. The van der Waals surface area contributed by atoms with E-state index in [1.807, 2.05) is 0 Å². The first kappa shape index (κ1) is 16.0. The van der Waals surface area contributed by atoms with Crippen molar-refractivity contribution in [1.82, 2.24) is 0 Å². The Morgan fingerprint density at radius 3 is 2.48 bits per heavy atom. The average Bonchev–Trinajstić information content (AvgIpc) is 2.68. The van der Waals surface area contributed by atoms with Gasteiger partial charge >= 0.3 is 6.61 Å². The molecule has 21 heavy (non-hydrogen) atoms. The van der Waals surface area contributed by atoms with Crippen molar-refractivity contribution < 1.29 is 26.7 Å². The smallest absolute Gasteiger partial charge is 0.387 e. The van der Waals surface area contributed by atoms with E-state index < -0.39 is 15.7 Å². The summed E-state index contributed by atoms with van der Waals surface area (Å²) in [6, 6.07) is 5.57. The Balaban J connectivity index is 2.06. The van der Waals surface area contributed by atoms with Gasteiger partial charge in [0.25, 0.3) is 0 Å². The highest BCUT2D eigenvalue weighted by atomic mass is 35.7. The van der Waals surface area contributed by atoms with Gasteiger partial charge in [-0.2, -0.15) is 8.78 Å². The van der Waals surface area contributed by atoms with E-state index in [1.54, 1.807) is 0 Å². The summed E-state index contributed by atoms with van der Waals surface area (Å²) in [5.74, 6) is -0.899. The van der Waals surface area contributed by atoms with Crippen molar-refractivity contribution in [2.75, 3.05) is 17.2 Å². The Morgan fingerprint density at radius 2 is 1.95 bits per heavy atom. The van der Waals surface area contributed by atoms with Crippen molar-refractivity contribution in [3.63, 3.8) is 0 Å². The lowest BCUT2D eigenvalue weighted by Gasteiger charge is -2.17. The minimum absolute atomic E-state index is 0.0136. The van der Waals surface area contributed by atoms with Crippen molar-refractivity contribution in [3.05, 3.63) is 24.3 Å². The van der Waals surface area contributed by atoms with E-state index in [2.05, 4.69) is 4.74 Å². The normalized spacial score (nSPS) is 19.3. The molecule has 1 amide bonds. The highest BCUT2D eigenvalue weighted by Gasteiger charge is 2.33. The minimum atomic E-state index is -3.67. The van der Waals surface area contributed by atoms with E-state index in [4.69, 9.17) is 10.7 Å². The zero-order valence-corrected chi connectivity index (χ0v) is 12.3. The van der Waals surface area contributed by atoms with E-state index in [-0.39, 0.29) is 36.3 Å². The molecule has 1 aliphatic rings. The first-order chi connectivity index (χ1) is 9.74. The lowest BCUT2D eigenvalue weighted by molar-refractivity contribution is -0.117. The van der Waals surface area contributed by atoms with Crippen LogP contribution in [0.25, 0.3) is 0 Å². The number of benzene rings is 1. The molecule has 9 heteroatoms. The van der Waals surface area contributed by atoms with Gasteiger partial charge in [-0.3, -0.25) is 4.79 Å². The van der Waals surface area contributed by atoms with Gasteiger partial charge < -0.3 is 9.64 Å². The van der Waals surface area contributed by atoms with Crippen molar-refractivity contribution in [1.29, 1.82) is 0 Å². The zero-order chi connectivity index (χ0) is 15.6. The fourth-order valence-corrected chi connectivity index (χ4v) is 3.55. The molecule has 1 aromatic carbocycles. The van der Waals surface area contributed by atoms with Gasteiger partial charge in [0.15, 0.2) is 0 Å². The summed E-state index contributed by atoms with van der Waals surface area (Å²) in [6.07, 6.45) is 0.0846. The number of alkyl halides is 2. The molecule has 0 N–H and O–H groups in total. The van der Waals surface area contributed by atoms with Crippen molar-refractivity contribution in [2.24, 2.45) is 5.92 Å². The number of hydrogen-bond donors (Lipinski definition) is 0. The molecular formula is C12H12ClF2NO4S. The molecule has 2 rings (SSSR count). The number of ether oxygens (including phenoxy) is 1. The largest absolute Gasteiger partial charge is 0.435 e. The van der Waals surface area contributed by atoms with Crippen molar-refractivity contribution in [3.8, 4) is 5.75 Å². The van der Waals surface area contributed by atoms with Gasteiger partial charge in [-0.1, -0.05) is 0 Å². The summed E-state index contributed by atoms with van der Waals surface area (Å²) in [5, 5.41) is 0. The molecule has 0 bridgehead atoms. The third kappa shape index (κ3) is 4.53. The predicted molar refractivity (Wildman–Crippen MR) is 73.2 cm³/mol. The van der Waals surface area contributed by atoms with Gasteiger partial charge in [-0.25, -0.2) is 8.42 Å². The minimum Gasteiger partial charge on any atom is -0.435 e. The fraction of sp³-hybridized carbons (Fsp3) is 0.417. The van der Waals surface area contributed by atoms with Crippen LogP contribution in [0.5, 0.6) is 5.75 Å². The number of hydrogen-bond acceptors (Lipinski definition) is 4. The van der Waals surface area contributed by atoms with Crippen LogP contribution in [0.15, 0.2) is 24.3 Å². The molecule has 0 aromatic heterocycles. The molecule has 116 valence electrons. The molecule has 1 heterocycles. The fourth-order valence-electron chi connectivity index (χ4n) is 2.23. The first-order valence-corrected chi connectivity index (χ1v) is 8.50. The monoisotopic (exact) mass is 339 g/mol. The van der Waals surface area contributed by atoms with Crippen LogP contribution in [0.4, 0.5) is 14.5 Å². The van der Waals surface area contributed by atoms with Crippen LogP contribution in [0.2, 0.25) is 0 Å². The Hall–Kier alpha value is -1.41. The topological polar surface area (TPSA) is 63.7 Å². The number of carbonyl (C=O) groups excluding carboxylic acids is 1. The van der Waals surface area contributed by atoms with Crippen LogP contribution in [-0.2, 0) is 13.8 Å². The maximum absolute atomic E-state index is 12.0. The maximum atomic E-state index is 12.0. The highest BCUT2D eigenvalue weighted by Crippen LogP contribution is 2.28. The van der Waals surface area contributed by atoms with Crippen molar-refractivity contribution in [2.45, 2.75) is 13.0 Å². The van der Waals surface area contributed by atoms with Gasteiger partial charge in [0.2, 0.25) is 15.0 Å². The van der Waals surface area contributed by atoms with E-state index in [9.17, 15) is 22.0 Å². The summed E-state index contributed by atoms with van der Waals surface area (Å²) >= 11 is 0. The number of carbonyl (C=O) groups is 1. The van der Waals surface area contributed by atoms with Gasteiger partial charge in [0, 0.05) is 35.3 Å². The van der Waals surface area contributed by atoms with E-state index in [1.165, 1.54) is 29.2 Å². The summed E-state index contributed by atoms with van der Waals surface area (Å²) in [5.41, 5.74) is 0.496. The SMILES string of the molecule is O=C1CC(CS(=O)(=O)Cl)CN1c1ccc(OC(F)F)cc1. The zero-order valence-electron chi connectivity index (χ0n) is 10.7. The number of rotatable bonds is 5. The molecule has 0 spiro atoms. The number of nitrogens with zero attached hydrogens (tertiary/aromatic N) is 1. The summed E-state index contributed by atoms with van der Waals surface area (Å²) in [7, 11) is 1.51. The summed E-state index contributed by atoms with van der Waals surface area (Å²) < 4.78 is 50.4. The molecule has 0 saturated carbocycles. The lowest BCUT2D eigenvalue weighted by atomic mass is 10.1. The van der Waals surface area contributed by atoms with Gasteiger partial charge in [0.05, 0.1) is 5.75 Å². The van der Waals surface area contributed by atoms with Crippen LogP contribution in [0.3, 0.4) is 0 Å². The molecular weight excluding hydrogens is 328 g/mol. The number of halogens is 3. The summed E-state index contributed by atoms with van der Waals surface area (Å²) in [6.45, 7) is -2.69. The third-order valence-electron chi connectivity index (χ3n) is 3.01. The van der Waals surface area contributed by atoms with E-state index in [0.29, 0.717) is 5.69 Å². The predicted octanol–water partition coefficient (Wildman–Crippen LogP) is 2.21. The standard InChI is InChI=1S/C12H12ClF2NO4S/c13-21(18,19)7-8-5-11(17)16(6-8)9-1-3-10(4-2-9)20-12(14)15/h1-4,8,12H,5-7H2. The number of amides is 1. The van der Waals surface area contributed by atoms with Crippen LogP contribution < -0.4 is 9.64 Å². The third-order valence-corrected chi connectivity index (χ3v) is 4.26. The molecule has 5 nitrogen and oxygen atoms in total. The van der Waals surface area contributed by atoms with Gasteiger partial charge in [-0.15, -0.1) is 0 Å². The lowest BCUT2D eigenvalue weighted by Crippen LogP contribution is -2.25. The Bertz CT molecular complexity index is 621. The quantitative estimate of drug-likeness (QED) is 0.772. The van der Waals surface area contributed by atoms with Crippen LogP contribution >= 0.6 is 10.7 Å². The molecule has 1 saturated heterocycles. The molecule has 1 unspecified atom stereocenters.